The number of esters is 1. The number of carbonyl (C=O) groups is 1. The van der Waals surface area contributed by atoms with Crippen molar-refractivity contribution in [1.82, 2.24) is 0 Å². The van der Waals surface area contributed by atoms with Crippen LogP contribution in [-0.4, -0.2) is 20.9 Å². The molecule has 1 aromatic carbocycles. The topological polar surface area (TPSA) is 26.3 Å². The largest absolute Gasteiger partial charge is 0.466 e. The van der Waals surface area contributed by atoms with Gasteiger partial charge >= 0.3 is 5.97 Å². The molecule has 0 spiro atoms. The first-order valence-corrected chi connectivity index (χ1v) is 4.32. The van der Waals surface area contributed by atoms with Crippen LogP contribution in [0.2, 0.25) is 6.32 Å². The van der Waals surface area contributed by atoms with E-state index in [0.717, 1.165) is 5.56 Å². The van der Waals surface area contributed by atoms with Crippen LogP contribution < -0.4 is 0 Å². The van der Waals surface area contributed by atoms with Crippen LogP contribution in [0, 0.1) is 0 Å². The van der Waals surface area contributed by atoms with Crippen molar-refractivity contribution in [2.75, 3.05) is 7.11 Å². The second-order valence-electron chi connectivity index (χ2n) is 2.78. The molecular weight excluding hydrogens is 175 g/mol. The molecule has 1 aromatic rings. The van der Waals surface area contributed by atoms with E-state index in [2.05, 4.69) is 4.74 Å². The molecule has 0 unspecified atom stereocenters. The fraction of sp³-hybridized carbons (Fsp3) is 0.182. The monoisotopic (exact) mass is 186 g/mol. The van der Waals surface area contributed by atoms with Crippen LogP contribution in [0.25, 0.3) is 6.08 Å². The normalized spacial score (nSPS) is 11.1. The van der Waals surface area contributed by atoms with Gasteiger partial charge in [0.2, 0.25) is 0 Å². The Morgan fingerprint density at radius 1 is 1.43 bits per heavy atom. The molecule has 14 heavy (non-hydrogen) atoms. The molecule has 0 aliphatic carbocycles. The van der Waals surface area contributed by atoms with E-state index in [0.29, 0.717) is 5.57 Å². The lowest BCUT2D eigenvalue weighted by molar-refractivity contribution is -0.135. The van der Waals surface area contributed by atoms with E-state index in [9.17, 15) is 4.79 Å². The molecule has 0 aliphatic heterocycles. The number of methoxy groups -OCH3 is 1. The van der Waals surface area contributed by atoms with Crippen LogP contribution in [0.1, 0.15) is 5.56 Å². The molecule has 0 heterocycles. The molecule has 0 bridgehead atoms. The van der Waals surface area contributed by atoms with Gasteiger partial charge in [-0.2, -0.15) is 0 Å². The van der Waals surface area contributed by atoms with E-state index in [-0.39, 0.29) is 12.3 Å². The summed E-state index contributed by atoms with van der Waals surface area (Å²) < 4.78 is 4.59. The average molecular weight is 186 g/mol. The summed E-state index contributed by atoms with van der Waals surface area (Å²) in [5.74, 6) is -0.378. The van der Waals surface area contributed by atoms with Crippen molar-refractivity contribution < 1.29 is 9.53 Å². The molecule has 0 fully saturated rings. The van der Waals surface area contributed by atoms with Crippen molar-refractivity contribution in [3.05, 3.63) is 41.5 Å². The third kappa shape index (κ3) is 2.77. The van der Waals surface area contributed by atoms with Crippen LogP contribution in [-0.2, 0) is 9.53 Å². The van der Waals surface area contributed by atoms with Crippen molar-refractivity contribution >= 4 is 19.9 Å². The highest BCUT2D eigenvalue weighted by Crippen LogP contribution is 2.10. The molecule has 2 nitrogen and oxygen atoms in total. The zero-order valence-electron chi connectivity index (χ0n) is 8.07. The van der Waals surface area contributed by atoms with E-state index in [1.807, 2.05) is 30.3 Å². The van der Waals surface area contributed by atoms with Crippen LogP contribution in [0.4, 0.5) is 0 Å². The second-order valence-corrected chi connectivity index (χ2v) is 2.78. The van der Waals surface area contributed by atoms with Gasteiger partial charge in [-0.3, -0.25) is 0 Å². The van der Waals surface area contributed by atoms with Gasteiger partial charge in [-0.05, 0) is 11.6 Å². The van der Waals surface area contributed by atoms with Gasteiger partial charge in [0.15, 0.2) is 0 Å². The lowest BCUT2D eigenvalue weighted by Crippen LogP contribution is -2.03. The van der Waals surface area contributed by atoms with E-state index < -0.39 is 0 Å². The van der Waals surface area contributed by atoms with Crippen LogP contribution in [0.5, 0.6) is 0 Å². The molecule has 0 saturated carbocycles. The van der Waals surface area contributed by atoms with Gasteiger partial charge in [-0.25, -0.2) is 4.79 Å². The summed E-state index contributed by atoms with van der Waals surface area (Å²) in [6.45, 7) is 0. The third-order valence-corrected chi connectivity index (χ3v) is 1.81. The Morgan fingerprint density at radius 2 is 2.07 bits per heavy atom. The van der Waals surface area contributed by atoms with E-state index in [1.54, 1.807) is 6.08 Å². The Morgan fingerprint density at radius 3 is 2.57 bits per heavy atom. The molecule has 0 amide bonds. The van der Waals surface area contributed by atoms with Gasteiger partial charge in [0, 0.05) is 5.57 Å². The van der Waals surface area contributed by atoms with Crippen molar-refractivity contribution in [3.63, 3.8) is 0 Å². The molecule has 0 atom stereocenters. The first-order chi connectivity index (χ1) is 6.77. The maximum absolute atomic E-state index is 11.2. The van der Waals surface area contributed by atoms with Crippen LogP contribution >= 0.6 is 0 Å². The minimum atomic E-state index is -0.378. The second kappa shape index (κ2) is 5.27. The van der Waals surface area contributed by atoms with Gasteiger partial charge in [0.25, 0.3) is 0 Å². The first kappa shape index (κ1) is 10.6. The minimum Gasteiger partial charge on any atom is -0.466 e. The van der Waals surface area contributed by atoms with E-state index in [1.165, 1.54) is 7.11 Å². The molecule has 3 heteroatoms. The summed E-state index contributed by atoms with van der Waals surface area (Å²) in [7, 11) is 6.77. The molecule has 0 aliphatic rings. The van der Waals surface area contributed by atoms with Crippen molar-refractivity contribution in [2.45, 2.75) is 6.32 Å². The summed E-state index contributed by atoms with van der Waals surface area (Å²) in [5, 5.41) is 0. The minimum absolute atomic E-state index is 0.182. The Hall–Kier alpha value is -1.51. The molecule has 2 radical (unpaired) electrons. The van der Waals surface area contributed by atoms with Crippen molar-refractivity contribution in [2.24, 2.45) is 0 Å². The number of hydrogen-bond acceptors (Lipinski definition) is 2. The fourth-order valence-corrected chi connectivity index (χ4v) is 1.08. The quantitative estimate of drug-likeness (QED) is 0.409. The number of rotatable bonds is 3. The number of carbonyl (C=O) groups excluding carboxylic acids is 1. The molecule has 0 N–H and O–H groups in total. The van der Waals surface area contributed by atoms with Gasteiger partial charge in [0.1, 0.15) is 0 Å². The standard InChI is InChI=1S/C11H11BO2/c1-14-11(13)10(8-12)7-9-5-3-2-4-6-9/h2-7H,8H2,1H3/b10-7-. The highest BCUT2D eigenvalue weighted by atomic mass is 16.5. The highest BCUT2D eigenvalue weighted by molar-refractivity contribution is 6.15. The van der Waals surface area contributed by atoms with Crippen LogP contribution in [0.3, 0.4) is 0 Å². The molecule has 1 rings (SSSR count). The molecule has 0 aromatic heterocycles. The zero-order valence-corrected chi connectivity index (χ0v) is 8.07. The first-order valence-electron chi connectivity index (χ1n) is 4.32. The number of hydrogen-bond donors (Lipinski definition) is 0. The Balaban J connectivity index is 2.89. The number of benzene rings is 1. The molecule has 0 saturated heterocycles. The average Bonchev–Trinajstić information content (AvgIpc) is 2.26. The van der Waals surface area contributed by atoms with Crippen molar-refractivity contribution in [1.29, 1.82) is 0 Å². The smallest absolute Gasteiger partial charge is 0.332 e. The lowest BCUT2D eigenvalue weighted by atomic mass is 9.95. The maximum atomic E-state index is 11.2. The van der Waals surface area contributed by atoms with E-state index >= 15 is 0 Å². The summed E-state index contributed by atoms with van der Waals surface area (Å²) in [5.41, 5.74) is 1.41. The van der Waals surface area contributed by atoms with Gasteiger partial charge < -0.3 is 4.74 Å². The summed E-state index contributed by atoms with van der Waals surface area (Å²) in [6, 6.07) is 9.52. The van der Waals surface area contributed by atoms with Crippen LogP contribution in [0.15, 0.2) is 35.9 Å². The van der Waals surface area contributed by atoms with E-state index in [4.69, 9.17) is 7.85 Å². The summed E-state index contributed by atoms with van der Waals surface area (Å²) >= 11 is 0. The van der Waals surface area contributed by atoms with Gasteiger partial charge in [-0.15, -0.1) is 0 Å². The van der Waals surface area contributed by atoms with Crippen molar-refractivity contribution in [3.8, 4) is 0 Å². The predicted molar refractivity (Wildman–Crippen MR) is 57.0 cm³/mol. The highest BCUT2D eigenvalue weighted by Gasteiger charge is 2.05. The fourth-order valence-electron chi connectivity index (χ4n) is 1.08. The third-order valence-electron chi connectivity index (χ3n) is 1.81. The lowest BCUT2D eigenvalue weighted by Gasteiger charge is -2.01. The molecule has 70 valence electrons. The SMILES string of the molecule is [B]C/C(=C/c1ccccc1)C(=O)OC. The Labute approximate surface area is 85.0 Å². The maximum Gasteiger partial charge on any atom is 0.332 e. The summed E-state index contributed by atoms with van der Waals surface area (Å²) in [6.07, 6.45) is 1.91. The van der Waals surface area contributed by atoms with Gasteiger partial charge in [0.05, 0.1) is 15.0 Å². The predicted octanol–water partition coefficient (Wildman–Crippen LogP) is 1.83. The zero-order chi connectivity index (χ0) is 10.4. The van der Waals surface area contributed by atoms with Gasteiger partial charge in [-0.1, -0.05) is 36.7 Å². The number of ether oxygens (including phenoxy) is 1. The molecular formula is C11H11BO2. The summed E-state index contributed by atoms with van der Waals surface area (Å²) in [4.78, 5) is 11.2. The Bertz CT molecular complexity index is 330. The Kier molecular flexibility index (Phi) is 3.98.